The largest absolute Gasteiger partial charge is 0.512 e. The zero-order chi connectivity index (χ0) is 10.2. The molecule has 1 aromatic carbocycles. The molecule has 1 aromatic rings. The van der Waals surface area contributed by atoms with E-state index in [0.29, 0.717) is 11.6 Å². The van der Waals surface area contributed by atoms with Crippen molar-refractivity contribution in [1.82, 2.24) is 0 Å². The molecule has 0 bridgehead atoms. The second kappa shape index (κ2) is 3.22. The van der Waals surface area contributed by atoms with Crippen LogP contribution in [-0.4, -0.2) is 6.98 Å². The highest BCUT2D eigenvalue weighted by Gasteiger charge is 2.29. The summed E-state index contributed by atoms with van der Waals surface area (Å²) in [6.45, 7) is -3.88. The molecular weight excluding hydrogens is 206 g/mol. The minimum absolute atomic E-state index is 0.0735. The molecule has 0 aliphatic heterocycles. The maximum Gasteiger partial charge on any atom is 0.512 e. The summed E-state index contributed by atoms with van der Waals surface area (Å²) in [6, 6.07) is 1.40. The van der Waals surface area contributed by atoms with Gasteiger partial charge in [-0.25, -0.2) is 4.39 Å². The van der Waals surface area contributed by atoms with Crippen LogP contribution in [0.4, 0.5) is 17.3 Å². The van der Waals surface area contributed by atoms with Gasteiger partial charge in [0.15, 0.2) is 0 Å². The zero-order valence-electron chi connectivity index (χ0n) is 6.62. The van der Waals surface area contributed by atoms with E-state index in [0.717, 1.165) is 6.07 Å². The Hall–Kier alpha value is -0.705. The maximum absolute atomic E-state index is 12.8. The molecular formula is C7H5BClF4-. The molecule has 0 aromatic heterocycles. The van der Waals surface area contributed by atoms with Gasteiger partial charge in [0.2, 0.25) is 0 Å². The van der Waals surface area contributed by atoms with Gasteiger partial charge in [-0.3, -0.25) is 0 Å². The van der Waals surface area contributed by atoms with Gasteiger partial charge in [0.1, 0.15) is 0 Å². The van der Waals surface area contributed by atoms with Crippen molar-refractivity contribution in [3.63, 3.8) is 0 Å². The van der Waals surface area contributed by atoms with Crippen molar-refractivity contribution in [2.75, 3.05) is 0 Å². The summed E-state index contributed by atoms with van der Waals surface area (Å²) >= 11 is 5.44. The first-order chi connectivity index (χ1) is 5.82. The van der Waals surface area contributed by atoms with Crippen LogP contribution < -0.4 is 5.46 Å². The summed E-state index contributed by atoms with van der Waals surface area (Å²) < 4.78 is 49.1. The summed E-state index contributed by atoms with van der Waals surface area (Å²) in [6.07, 6.45) is 0. The number of hydrogen-bond donors (Lipinski definition) is 0. The number of benzene rings is 1. The van der Waals surface area contributed by atoms with Gasteiger partial charge < -0.3 is 12.9 Å². The first-order valence-corrected chi connectivity index (χ1v) is 3.85. The fourth-order valence-corrected chi connectivity index (χ4v) is 1.08. The van der Waals surface area contributed by atoms with Crippen molar-refractivity contribution in [3.8, 4) is 0 Å². The second-order valence-corrected chi connectivity index (χ2v) is 3.10. The topological polar surface area (TPSA) is 0 Å². The fourth-order valence-electron chi connectivity index (χ4n) is 0.913. The quantitative estimate of drug-likeness (QED) is 0.495. The molecule has 0 nitrogen and oxygen atoms in total. The van der Waals surface area contributed by atoms with Gasteiger partial charge >= 0.3 is 6.98 Å². The van der Waals surface area contributed by atoms with E-state index in [4.69, 9.17) is 11.6 Å². The molecule has 0 N–H and O–H groups in total. The van der Waals surface area contributed by atoms with Crippen molar-refractivity contribution in [3.05, 3.63) is 28.5 Å². The minimum atomic E-state index is -5.32. The molecule has 0 aliphatic rings. The van der Waals surface area contributed by atoms with Crippen LogP contribution in [0.2, 0.25) is 5.02 Å². The average Bonchev–Trinajstić information content (AvgIpc) is 1.94. The van der Waals surface area contributed by atoms with Crippen molar-refractivity contribution in [1.29, 1.82) is 0 Å². The van der Waals surface area contributed by atoms with E-state index in [1.807, 2.05) is 0 Å². The smallest absolute Gasteiger partial charge is 0.445 e. The van der Waals surface area contributed by atoms with Crippen LogP contribution in [0.1, 0.15) is 5.56 Å². The normalized spacial score (nSPS) is 11.8. The molecule has 0 heterocycles. The van der Waals surface area contributed by atoms with E-state index in [2.05, 4.69) is 0 Å². The molecule has 13 heavy (non-hydrogen) atoms. The molecule has 0 unspecified atom stereocenters. The monoisotopic (exact) mass is 211 g/mol. The Labute approximate surface area is 77.6 Å². The molecule has 0 amide bonds. The number of aryl methyl sites for hydroxylation is 1. The lowest BCUT2D eigenvalue weighted by Gasteiger charge is -2.16. The van der Waals surface area contributed by atoms with Gasteiger partial charge in [-0.15, -0.1) is 0 Å². The second-order valence-electron chi connectivity index (χ2n) is 2.70. The summed E-state index contributed by atoms with van der Waals surface area (Å²) in [5.74, 6) is -1.27. The van der Waals surface area contributed by atoms with E-state index in [9.17, 15) is 17.3 Å². The first-order valence-electron chi connectivity index (χ1n) is 3.48. The lowest BCUT2D eigenvalue weighted by Crippen LogP contribution is -2.36. The Bertz CT molecular complexity index is 334. The molecule has 1 rings (SSSR count). The van der Waals surface area contributed by atoms with Crippen LogP contribution in [0.3, 0.4) is 0 Å². The summed E-state index contributed by atoms with van der Waals surface area (Å²) in [7, 11) is 0. The fraction of sp³-hybridized carbons (Fsp3) is 0.143. The summed E-state index contributed by atoms with van der Waals surface area (Å²) in [4.78, 5) is 0. The third kappa shape index (κ3) is 2.15. The van der Waals surface area contributed by atoms with Crippen LogP contribution in [0.25, 0.3) is 0 Å². The Morgan fingerprint density at radius 3 is 2.23 bits per heavy atom. The Morgan fingerprint density at radius 2 is 1.77 bits per heavy atom. The lowest BCUT2D eigenvalue weighted by atomic mass is 9.79. The van der Waals surface area contributed by atoms with Crippen molar-refractivity contribution >= 4 is 24.0 Å². The molecule has 0 saturated carbocycles. The van der Waals surface area contributed by atoms with Crippen molar-refractivity contribution in [2.24, 2.45) is 0 Å². The maximum atomic E-state index is 12.8. The molecule has 0 fully saturated rings. The highest BCUT2D eigenvalue weighted by molar-refractivity contribution is 6.73. The van der Waals surface area contributed by atoms with Gasteiger partial charge in [-0.05, 0) is 18.6 Å². The van der Waals surface area contributed by atoms with E-state index in [1.54, 1.807) is 0 Å². The van der Waals surface area contributed by atoms with E-state index < -0.39 is 18.3 Å². The standard InChI is InChI=1S/C7H5BClF4/c1-4-2-7(10)5(3-6(4)9)8(11,12)13/h2-3H,1H3/q-1. The Kier molecular flexibility index (Phi) is 2.57. The molecule has 0 spiro atoms. The van der Waals surface area contributed by atoms with Crippen LogP contribution in [-0.2, 0) is 0 Å². The lowest BCUT2D eigenvalue weighted by molar-refractivity contribution is 0.494. The average molecular weight is 211 g/mol. The number of rotatable bonds is 1. The zero-order valence-corrected chi connectivity index (χ0v) is 7.38. The molecule has 0 aliphatic carbocycles. The third-order valence-corrected chi connectivity index (χ3v) is 2.04. The minimum Gasteiger partial charge on any atom is -0.445 e. The summed E-state index contributed by atoms with van der Waals surface area (Å²) in [5.41, 5.74) is -0.974. The van der Waals surface area contributed by atoms with E-state index >= 15 is 0 Å². The molecule has 0 atom stereocenters. The van der Waals surface area contributed by atoms with Gasteiger partial charge in [0.25, 0.3) is 0 Å². The van der Waals surface area contributed by atoms with Crippen LogP contribution in [0, 0.1) is 12.7 Å². The highest BCUT2D eigenvalue weighted by Crippen LogP contribution is 2.19. The number of halogens is 5. The molecule has 6 heteroatoms. The SMILES string of the molecule is Cc1cc(F)c([B-](F)(F)F)cc1Cl. The van der Waals surface area contributed by atoms with Gasteiger partial charge in [-0.1, -0.05) is 23.1 Å². The first kappa shape index (κ1) is 10.4. The third-order valence-electron chi connectivity index (χ3n) is 1.63. The van der Waals surface area contributed by atoms with Crippen LogP contribution >= 0.6 is 11.6 Å². The highest BCUT2D eigenvalue weighted by atomic mass is 35.5. The Balaban J connectivity index is 3.32. The van der Waals surface area contributed by atoms with Gasteiger partial charge in [0.05, 0.1) is 5.82 Å². The Morgan fingerprint density at radius 1 is 1.23 bits per heavy atom. The molecule has 72 valence electrons. The van der Waals surface area contributed by atoms with Gasteiger partial charge in [-0.2, -0.15) is 0 Å². The molecule has 0 radical (unpaired) electrons. The predicted octanol–water partition coefficient (Wildman–Crippen LogP) is 2.84. The molecule has 0 saturated heterocycles. The van der Waals surface area contributed by atoms with Crippen molar-refractivity contribution < 1.29 is 17.3 Å². The number of hydrogen-bond acceptors (Lipinski definition) is 0. The summed E-state index contributed by atoms with van der Waals surface area (Å²) in [5, 5.41) is -0.0735. The van der Waals surface area contributed by atoms with Crippen LogP contribution in [0.15, 0.2) is 12.1 Å². The predicted molar refractivity (Wildman–Crippen MR) is 44.9 cm³/mol. The van der Waals surface area contributed by atoms with E-state index in [1.165, 1.54) is 6.92 Å². The van der Waals surface area contributed by atoms with Crippen LogP contribution in [0.5, 0.6) is 0 Å². The van der Waals surface area contributed by atoms with Gasteiger partial charge in [0, 0.05) is 5.02 Å². The van der Waals surface area contributed by atoms with Crippen molar-refractivity contribution in [2.45, 2.75) is 6.92 Å². The van der Waals surface area contributed by atoms with E-state index in [-0.39, 0.29) is 5.02 Å².